The van der Waals surface area contributed by atoms with Crippen molar-refractivity contribution in [3.63, 3.8) is 0 Å². The Morgan fingerprint density at radius 1 is 1.30 bits per heavy atom. The summed E-state index contributed by atoms with van der Waals surface area (Å²) in [7, 11) is 0. The highest BCUT2D eigenvalue weighted by atomic mass is 16.5. The van der Waals surface area contributed by atoms with Crippen LogP contribution in [0.15, 0.2) is 0 Å². The molecule has 0 aromatic heterocycles. The van der Waals surface area contributed by atoms with Crippen molar-refractivity contribution in [3.8, 4) is 0 Å². The first-order chi connectivity index (χ1) is 9.43. The van der Waals surface area contributed by atoms with Crippen LogP contribution in [0.3, 0.4) is 0 Å². The molecule has 1 saturated carbocycles. The van der Waals surface area contributed by atoms with Gasteiger partial charge in [-0.15, -0.1) is 0 Å². The maximum Gasteiger partial charge on any atom is 0.407 e. The Morgan fingerprint density at radius 3 is 2.55 bits per heavy atom. The Bertz CT molecular complexity index is 331. The van der Waals surface area contributed by atoms with Crippen molar-refractivity contribution in [2.75, 3.05) is 6.61 Å². The van der Waals surface area contributed by atoms with Crippen LogP contribution in [0.5, 0.6) is 0 Å². The van der Waals surface area contributed by atoms with Crippen LogP contribution in [0.2, 0.25) is 0 Å². The molecule has 0 radical (unpaired) electrons. The molecule has 5 nitrogen and oxygen atoms in total. The highest BCUT2D eigenvalue weighted by Gasteiger charge is 2.28. The summed E-state index contributed by atoms with van der Waals surface area (Å²) in [6.45, 7) is 8.10. The summed E-state index contributed by atoms with van der Waals surface area (Å²) in [5.74, 6) is 0.581. The van der Waals surface area contributed by atoms with Gasteiger partial charge in [0.05, 0.1) is 6.61 Å². The minimum atomic E-state index is -0.536. The largest absolute Gasteiger partial charge is 0.450 e. The SMILES string of the molecule is CCOC(=O)NC(C(=O)NC1CCCC(C)C1)C(C)C. The van der Waals surface area contributed by atoms with Gasteiger partial charge in [0, 0.05) is 6.04 Å². The zero-order chi connectivity index (χ0) is 15.1. The maximum absolute atomic E-state index is 12.3. The third-order valence-electron chi connectivity index (χ3n) is 3.78. The van der Waals surface area contributed by atoms with Crippen molar-refractivity contribution in [3.05, 3.63) is 0 Å². The molecule has 1 aliphatic carbocycles. The van der Waals surface area contributed by atoms with Gasteiger partial charge in [-0.2, -0.15) is 0 Å². The minimum Gasteiger partial charge on any atom is -0.450 e. The summed E-state index contributed by atoms with van der Waals surface area (Å²) in [6.07, 6.45) is 3.92. The molecule has 3 unspecified atom stereocenters. The van der Waals surface area contributed by atoms with E-state index in [0.29, 0.717) is 12.5 Å². The minimum absolute atomic E-state index is 0.0282. The molecular formula is C15H28N2O3. The molecule has 1 fully saturated rings. The molecule has 0 heterocycles. The standard InChI is InChI=1S/C15H28N2O3/c1-5-20-15(19)17-13(10(2)3)14(18)16-12-8-6-7-11(4)9-12/h10-13H,5-9H2,1-4H3,(H,16,18)(H,17,19). The number of ether oxygens (including phenoxy) is 1. The molecule has 3 atom stereocenters. The smallest absolute Gasteiger partial charge is 0.407 e. The second-order valence-corrected chi connectivity index (χ2v) is 6.06. The lowest BCUT2D eigenvalue weighted by Crippen LogP contribution is -2.52. The zero-order valence-electron chi connectivity index (χ0n) is 13.1. The molecule has 5 heteroatoms. The van der Waals surface area contributed by atoms with Crippen LogP contribution in [0, 0.1) is 11.8 Å². The van der Waals surface area contributed by atoms with Crippen molar-refractivity contribution in [2.45, 2.75) is 65.5 Å². The monoisotopic (exact) mass is 284 g/mol. The predicted molar refractivity (Wildman–Crippen MR) is 78.3 cm³/mol. The number of hydrogen-bond acceptors (Lipinski definition) is 3. The lowest BCUT2D eigenvalue weighted by Gasteiger charge is -2.30. The fraction of sp³-hybridized carbons (Fsp3) is 0.867. The van der Waals surface area contributed by atoms with Crippen molar-refractivity contribution >= 4 is 12.0 Å². The predicted octanol–water partition coefficient (Wildman–Crippen LogP) is 2.45. The zero-order valence-corrected chi connectivity index (χ0v) is 13.1. The van der Waals surface area contributed by atoms with Crippen molar-refractivity contribution < 1.29 is 14.3 Å². The molecule has 20 heavy (non-hydrogen) atoms. The van der Waals surface area contributed by atoms with Crippen LogP contribution in [0.1, 0.15) is 53.4 Å². The van der Waals surface area contributed by atoms with Crippen molar-refractivity contribution in [2.24, 2.45) is 11.8 Å². The summed E-state index contributed by atoms with van der Waals surface area (Å²) in [5, 5.41) is 5.71. The van der Waals surface area contributed by atoms with Gasteiger partial charge in [0.2, 0.25) is 5.91 Å². The highest BCUT2D eigenvalue weighted by molar-refractivity contribution is 5.86. The summed E-state index contributed by atoms with van der Waals surface area (Å²) >= 11 is 0. The highest BCUT2D eigenvalue weighted by Crippen LogP contribution is 2.23. The van der Waals surface area contributed by atoms with E-state index in [1.807, 2.05) is 13.8 Å². The summed E-state index contributed by atoms with van der Waals surface area (Å²) in [4.78, 5) is 23.8. The van der Waals surface area contributed by atoms with Crippen LogP contribution in [-0.4, -0.2) is 30.7 Å². The number of carbonyl (C=O) groups is 2. The first kappa shape index (κ1) is 16.8. The molecule has 1 aliphatic rings. The molecule has 0 spiro atoms. The van der Waals surface area contributed by atoms with E-state index >= 15 is 0 Å². The number of hydrogen-bond donors (Lipinski definition) is 2. The van der Waals surface area contributed by atoms with Crippen LogP contribution in [-0.2, 0) is 9.53 Å². The number of alkyl carbamates (subject to hydrolysis) is 1. The van der Waals surface area contributed by atoms with Crippen LogP contribution in [0.4, 0.5) is 4.79 Å². The maximum atomic E-state index is 12.3. The Balaban J connectivity index is 2.53. The van der Waals surface area contributed by atoms with Crippen molar-refractivity contribution in [1.29, 1.82) is 0 Å². The molecule has 2 amide bonds. The molecule has 0 bridgehead atoms. The second-order valence-electron chi connectivity index (χ2n) is 6.06. The van der Waals surface area contributed by atoms with Crippen LogP contribution < -0.4 is 10.6 Å². The van der Waals surface area contributed by atoms with E-state index in [0.717, 1.165) is 19.3 Å². The molecule has 0 aromatic rings. The fourth-order valence-electron chi connectivity index (χ4n) is 2.69. The van der Waals surface area contributed by atoms with E-state index in [1.54, 1.807) is 6.92 Å². The van der Waals surface area contributed by atoms with Gasteiger partial charge in [-0.05, 0) is 31.6 Å². The third-order valence-corrected chi connectivity index (χ3v) is 3.78. The van der Waals surface area contributed by atoms with Crippen molar-refractivity contribution in [1.82, 2.24) is 10.6 Å². The molecule has 0 saturated heterocycles. The summed E-state index contributed by atoms with van der Waals surface area (Å²) in [5.41, 5.74) is 0. The lowest BCUT2D eigenvalue weighted by atomic mass is 9.87. The molecule has 2 N–H and O–H groups in total. The topological polar surface area (TPSA) is 67.4 Å². The number of rotatable bonds is 5. The fourth-order valence-corrected chi connectivity index (χ4v) is 2.69. The van der Waals surface area contributed by atoms with Gasteiger partial charge in [-0.3, -0.25) is 4.79 Å². The number of carbonyl (C=O) groups excluding carboxylic acids is 2. The average molecular weight is 284 g/mol. The average Bonchev–Trinajstić information content (AvgIpc) is 2.35. The van der Waals surface area contributed by atoms with E-state index in [-0.39, 0.29) is 17.9 Å². The van der Waals surface area contributed by atoms with Gasteiger partial charge in [-0.1, -0.05) is 33.6 Å². The normalized spacial score (nSPS) is 24.1. The Morgan fingerprint density at radius 2 is 2.00 bits per heavy atom. The Kier molecular flexibility index (Phi) is 6.82. The van der Waals surface area contributed by atoms with E-state index in [9.17, 15) is 9.59 Å². The molecule has 0 aliphatic heterocycles. The van der Waals surface area contributed by atoms with Gasteiger partial charge in [0.25, 0.3) is 0 Å². The van der Waals surface area contributed by atoms with Gasteiger partial charge in [-0.25, -0.2) is 4.79 Å². The Labute approximate surface area is 121 Å². The van der Waals surface area contributed by atoms with Gasteiger partial charge < -0.3 is 15.4 Å². The second kappa shape index (κ2) is 8.12. The van der Waals surface area contributed by atoms with E-state index in [4.69, 9.17) is 4.74 Å². The van der Waals surface area contributed by atoms with E-state index in [2.05, 4.69) is 17.6 Å². The van der Waals surface area contributed by atoms with Crippen LogP contribution >= 0.6 is 0 Å². The third kappa shape index (κ3) is 5.39. The van der Waals surface area contributed by atoms with E-state index in [1.165, 1.54) is 6.42 Å². The number of nitrogens with one attached hydrogen (secondary N) is 2. The van der Waals surface area contributed by atoms with E-state index < -0.39 is 12.1 Å². The molecule has 1 rings (SSSR count). The lowest BCUT2D eigenvalue weighted by molar-refractivity contribution is -0.125. The number of amides is 2. The first-order valence-corrected chi connectivity index (χ1v) is 7.67. The summed E-state index contributed by atoms with van der Waals surface area (Å²) in [6, 6.07) is -0.303. The molecular weight excluding hydrogens is 256 g/mol. The van der Waals surface area contributed by atoms with Gasteiger partial charge >= 0.3 is 6.09 Å². The molecule has 116 valence electrons. The quantitative estimate of drug-likeness (QED) is 0.815. The van der Waals surface area contributed by atoms with Gasteiger partial charge in [0.15, 0.2) is 0 Å². The Hall–Kier alpha value is -1.26. The molecule has 0 aromatic carbocycles. The van der Waals surface area contributed by atoms with Gasteiger partial charge in [0.1, 0.15) is 6.04 Å². The summed E-state index contributed by atoms with van der Waals surface area (Å²) < 4.78 is 4.85. The first-order valence-electron chi connectivity index (χ1n) is 7.67. The van der Waals surface area contributed by atoms with Crippen LogP contribution in [0.25, 0.3) is 0 Å².